The Balaban J connectivity index is 1.80. The van der Waals surface area contributed by atoms with Crippen LogP contribution in [-0.2, 0) is 0 Å². The van der Waals surface area contributed by atoms with Crippen molar-refractivity contribution in [3.63, 3.8) is 0 Å². The fourth-order valence-corrected chi connectivity index (χ4v) is 3.19. The van der Waals surface area contributed by atoms with Gasteiger partial charge in [0.05, 0.1) is 6.61 Å². The average molecular weight is 367 g/mol. The van der Waals surface area contributed by atoms with Gasteiger partial charge in [0.15, 0.2) is 0 Å². The number of ether oxygens (including phenoxy) is 1. The maximum atomic E-state index is 5.95. The number of benzene rings is 2. The monoisotopic (exact) mass is 365 g/mol. The highest BCUT2D eigenvalue weighted by molar-refractivity contribution is 9.10. The van der Waals surface area contributed by atoms with E-state index in [0.29, 0.717) is 6.04 Å². The molecule has 3 rings (SSSR count). The molecule has 1 unspecified atom stereocenters. The third-order valence-corrected chi connectivity index (χ3v) is 4.58. The molecule has 2 aromatic rings. The van der Waals surface area contributed by atoms with Crippen LogP contribution in [-0.4, -0.2) is 6.61 Å². The summed E-state index contributed by atoms with van der Waals surface area (Å²) in [4.78, 5) is 0. The summed E-state index contributed by atoms with van der Waals surface area (Å²) in [5, 5.41) is 4.46. The molecule has 0 aliphatic carbocycles. The molecule has 2 atom stereocenters. The Morgan fingerprint density at radius 3 is 2.76 bits per heavy atom. The van der Waals surface area contributed by atoms with Crippen LogP contribution in [0.5, 0.6) is 5.75 Å². The minimum Gasteiger partial charge on any atom is -0.493 e. The average Bonchev–Trinajstić information content (AvgIpc) is 2.48. The number of nitrogens with one attached hydrogen (secondary N) is 1. The van der Waals surface area contributed by atoms with Gasteiger partial charge in [-0.15, -0.1) is 0 Å². The topological polar surface area (TPSA) is 21.3 Å². The normalized spacial score (nSPS) is 18.7. The maximum absolute atomic E-state index is 5.95. The van der Waals surface area contributed by atoms with E-state index < -0.39 is 0 Å². The van der Waals surface area contributed by atoms with E-state index in [2.05, 4.69) is 46.4 Å². The third-order valence-electron chi connectivity index (χ3n) is 3.83. The molecule has 0 radical (unpaired) electrons. The second-order valence-electron chi connectivity index (χ2n) is 5.31. The summed E-state index contributed by atoms with van der Waals surface area (Å²) >= 11 is 9.49. The van der Waals surface area contributed by atoms with Gasteiger partial charge in [0.25, 0.3) is 0 Å². The minimum absolute atomic E-state index is 0.261. The molecule has 1 aliphatic rings. The SMILES string of the molecule is C[C@H](NC1CCOc2ccc(Br)cc21)c1ccc(Cl)cc1. The first kappa shape index (κ1) is 14.9. The van der Waals surface area contributed by atoms with E-state index >= 15 is 0 Å². The first-order valence-corrected chi connectivity index (χ1v) is 8.24. The molecule has 0 amide bonds. The van der Waals surface area contributed by atoms with Crippen LogP contribution in [0.3, 0.4) is 0 Å². The molecule has 2 aromatic carbocycles. The van der Waals surface area contributed by atoms with E-state index in [1.807, 2.05) is 24.3 Å². The van der Waals surface area contributed by atoms with Crippen LogP contribution in [0.2, 0.25) is 5.02 Å². The van der Waals surface area contributed by atoms with Gasteiger partial charge < -0.3 is 10.1 Å². The largest absolute Gasteiger partial charge is 0.493 e. The Morgan fingerprint density at radius 2 is 2.00 bits per heavy atom. The second-order valence-corrected chi connectivity index (χ2v) is 6.66. The quantitative estimate of drug-likeness (QED) is 0.798. The number of hydrogen-bond acceptors (Lipinski definition) is 2. The molecule has 2 nitrogen and oxygen atoms in total. The highest BCUT2D eigenvalue weighted by atomic mass is 79.9. The molecule has 4 heteroatoms. The minimum atomic E-state index is 0.261. The number of halogens is 2. The molecule has 0 fully saturated rings. The van der Waals surface area contributed by atoms with Gasteiger partial charge in [0, 0.05) is 33.6 Å². The molecule has 1 N–H and O–H groups in total. The molecule has 0 saturated heterocycles. The van der Waals surface area contributed by atoms with Crippen LogP contribution in [0.25, 0.3) is 0 Å². The van der Waals surface area contributed by atoms with E-state index in [1.54, 1.807) is 0 Å². The fourth-order valence-electron chi connectivity index (χ4n) is 2.69. The molecule has 0 bridgehead atoms. The van der Waals surface area contributed by atoms with Gasteiger partial charge in [-0.3, -0.25) is 0 Å². The van der Waals surface area contributed by atoms with Gasteiger partial charge in [-0.25, -0.2) is 0 Å². The van der Waals surface area contributed by atoms with Crippen molar-refractivity contribution < 1.29 is 4.74 Å². The van der Waals surface area contributed by atoms with Crippen LogP contribution >= 0.6 is 27.5 Å². The molecule has 1 aliphatic heterocycles. The molecule has 0 aromatic heterocycles. The van der Waals surface area contributed by atoms with E-state index in [1.165, 1.54) is 11.1 Å². The molecule has 21 heavy (non-hydrogen) atoms. The molecular weight excluding hydrogens is 350 g/mol. The first-order valence-electron chi connectivity index (χ1n) is 7.07. The number of rotatable bonds is 3. The van der Waals surface area contributed by atoms with Crippen LogP contribution < -0.4 is 10.1 Å². The van der Waals surface area contributed by atoms with Crippen LogP contribution in [0.1, 0.15) is 36.6 Å². The maximum Gasteiger partial charge on any atom is 0.124 e. The van der Waals surface area contributed by atoms with Gasteiger partial charge in [0.2, 0.25) is 0 Å². The van der Waals surface area contributed by atoms with Gasteiger partial charge >= 0.3 is 0 Å². The van der Waals surface area contributed by atoms with Crippen LogP contribution in [0, 0.1) is 0 Å². The van der Waals surface area contributed by atoms with Gasteiger partial charge in [-0.1, -0.05) is 39.7 Å². The number of fused-ring (bicyclic) bond motifs is 1. The predicted molar refractivity (Wildman–Crippen MR) is 90.0 cm³/mol. The molecule has 0 saturated carbocycles. The van der Waals surface area contributed by atoms with E-state index in [0.717, 1.165) is 28.3 Å². The highest BCUT2D eigenvalue weighted by Gasteiger charge is 2.23. The molecule has 110 valence electrons. The Bertz CT molecular complexity index is 629. The Hall–Kier alpha value is -1.03. The summed E-state index contributed by atoms with van der Waals surface area (Å²) < 4.78 is 6.81. The van der Waals surface area contributed by atoms with Gasteiger partial charge in [0.1, 0.15) is 5.75 Å². The van der Waals surface area contributed by atoms with Crippen molar-refractivity contribution in [2.24, 2.45) is 0 Å². The van der Waals surface area contributed by atoms with Crippen molar-refractivity contribution in [1.29, 1.82) is 0 Å². The summed E-state index contributed by atoms with van der Waals surface area (Å²) in [6, 6.07) is 14.8. The second kappa shape index (κ2) is 6.39. The van der Waals surface area contributed by atoms with Crippen molar-refractivity contribution in [3.05, 3.63) is 63.1 Å². The van der Waals surface area contributed by atoms with Crippen molar-refractivity contribution in [1.82, 2.24) is 5.32 Å². The van der Waals surface area contributed by atoms with Crippen molar-refractivity contribution in [2.75, 3.05) is 6.61 Å². The molecule has 0 spiro atoms. The summed E-state index contributed by atoms with van der Waals surface area (Å²) in [6.07, 6.45) is 0.974. The Kier molecular flexibility index (Phi) is 4.53. The van der Waals surface area contributed by atoms with Crippen molar-refractivity contribution in [3.8, 4) is 5.75 Å². The lowest BCUT2D eigenvalue weighted by atomic mass is 9.98. The fraction of sp³-hybridized carbons (Fsp3) is 0.294. The van der Waals surface area contributed by atoms with E-state index in [-0.39, 0.29) is 6.04 Å². The first-order chi connectivity index (χ1) is 10.1. The zero-order valence-electron chi connectivity index (χ0n) is 11.8. The molecule has 1 heterocycles. The summed E-state index contributed by atoms with van der Waals surface area (Å²) in [5.41, 5.74) is 2.46. The standard InChI is InChI=1S/C17H17BrClNO/c1-11(12-2-5-14(19)6-3-12)20-16-8-9-21-17-7-4-13(18)10-15(16)17/h2-7,10-11,16,20H,8-9H2,1H3/t11-,16?/m0/s1. The van der Waals surface area contributed by atoms with E-state index in [4.69, 9.17) is 16.3 Å². The summed E-state index contributed by atoms with van der Waals surface area (Å²) in [7, 11) is 0. The number of hydrogen-bond donors (Lipinski definition) is 1. The summed E-state index contributed by atoms with van der Waals surface area (Å²) in [5.74, 6) is 0.977. The van der Waals surface area contributed by atoms with Gasteiger partial charge in [-0.05, 0) is 42.8 Å². The third kappa shape index (κ3) is 3.42. The predicted octanol–water partition coefficient (Wildman–Crippen LogP) is 5.28. The van der Waals surface area contributed by atoms with Gasteiger partial charge in [-0.2, -0.15) is 0 Å². The lowest BCUT2D eigenvalue weighted by Gasteiger charge is -2.29. The molecular formula is C17H17BrClNO. The zero-order valence-corrected chi connectivity index (χ0v) is 14.1. The Labute approximate surface area is 138 Å². The van der Waals surface area contributed by atoms with Crippen LogP contribution in [0.4, 0.5) is 0 Å². The summed E-state index contributed by atoms with van der Waals surface area (Å²) in [6.45, 7) is 2.93. The zero-order chi connectivity index (χ0) is 14.8. The van der Waals surface area contributed by atoms with Crippen LogP contribution in [0.15, 0.2) is 46.9 Å². The Morgan fingerprint density at radius 1 is 1.24 bits per heavy atom. The van der Waals surface area contributed by atoms with E-state index in [9.17, 15) is 0 Å². The smallest absolute Gasteiger partial charge is 0.124 e. The van der Waals surface area contributed by atoms with Crippen molar-refractivity contribution in [2.45, 2.75) is 25.4 Å². The lowest BCUT2D eigenvalue weighted by molar-refractivity contribution is 0.246. The van der Waals surface area contributed by atoms with Crippen molar-refractivity contribution >= 4 is 27.5 Å². The lowest BCUT2D eigenvalue weighted by Crippen LogP contribution is -2.29. The highest BCUT2D eigenvalue weighted by Crippen LogP contribution is 2.35.